The van der Waals surface area contributed by atoms with Crippen molar-refractivity contribution >= 4 is 33.7 Å². The Hall–Kier alpha value is -2.95. The lowest BCUT2D eigenvalue weighted by Crippen LogP contribution is -2.30. The molecule has 4 rings (SSSR count). The summed E-state index contributed by atoms with van der Waals surface area (Å²) in [5.74, 6) is 0. The third-order valence-corrected chi connectivity index (χ3v) is 6.50. The highest BCUT2D eigenvalue weighted by molar-refractivity contribution is 14.1. The van der Waals surface area contributed by atoms with Gasteiger partial charge in [0.2, 0.25) is 0 Å². The molecule has 4 aromatic rings. The van der Waals surface area contributed by atoms with Gasteiger partial charge in [-0.05, 0) is 87.5 Å². The van der Waals surface area contributed by atoms with Gasteiger partial charge in [-0.1, -0.05) is 109 Å². The highest BCUT2D eigenvalue weighted by Gasteiger charge is 2.20. The van der Waals surface area contributed by atoms with Gasteiger partial charge in [-0.2, -0.15) is 0 Å². The molecule has 0 aliphatic rings. The summed E-state index contributed by atoms with van der Waals surface area (Å²) in [6.45, 7) is 4.23. The van der Waals surface area contributed by atoms with Crippen LogP contribution in [-0.2, 0) is 5.54 Å². The molecule has 1 nitrogen and oxygen atoms in total. The predicted octanol–water partition coefficient (Wildman–Crippen LogP) is 8.32. The maximum atomic E-state index is 6.83. The van der Waals surface area contributed by atoms with E-state index in [0.717, 1.165) is 16.7 Å². The van der Waals surface area contributed by atoms with Crippen molar-refractivity contribution in [1.82, 2.24) is 0 Å². The van der Waals surface area contributed by atoms with E-state index in [2.05, 4.69) is 146 Å². The van der Waals surface area contributed by atoms with Gasteiger partial charge in [0, 0.05) is 3.57 Å². The summed E-state index contributed by atoms with van der Waals surface area (Å²) in [7, 11) is 0. The van der Waals surface area contributed by atoms with Crippen molar-refractivity contribution in [2.45, 2.75) is 19.4 Å². The average Bonchev–Trinajstić information content (AvgIpc) is 2.85. The second-order valence-electron chi connectivity index (χ2n) is 8.53. The van der Waals surface area contributed by atoms with Crippen LogP contribution in [0.25, 0.3) is 22.3 Å². The van der Waals surface area contributed by atoms with Crippen LogP contribution in [0.5, 0.6) is 0 Å². The van der Waals surface area contributed by atoms with E-state index in [0.29, 0.717) is 0 Å². The first-order valence-corrected chi connectivity index (χ1v) is 12.2. The van der Waals surface area contributed by atoms with Crippen LogP contribution >= 0.6 is 22.6 Å². The zero-order chi connectivity index (χ0) is 23.3. The lowest BCUT2D eigenvalue weighted by molar-refractivity contribution is 0.631. The molecule has 0 aliphatic carbocycles. The van der Waals surface area contributed by atoms with Crippen molar-refractivity contribution in [2.75, 3.05) is 0 Å². The van der Waals surface area contributed by atoms with Crippen LogP contribution in [0.2, 0.25) is 0 Å². The highest BCUT2D eigenvalue weighted by atomic mass is 127. The minimum atomic E-state index is -0.597. The Balaban J connectivity index is 1.71. The van der Waals surface area contributed by atoms with Crippen LogP contribution < -0.4 is 5.73 Å². The quantitative estimate of drug-likeness (QED) is 0.193. The molecule has 0 spiro atoms. The molecule has 0 fully saturated rings. The van der Waals surface area contributed by atoms with Gasteiger partial charge in [0.15, 0.2) is 0 Å². The number of nitrogens with two attached hydrogens (primary N) is 1. The van der Waals surface area contributed by atoms with Crippen molar-refractivity contribution in [2.24, 2.45) is 5.73 Å². The van der Waals surface area contributed by atoms with Crippen LogP contribution in [-0.4, -0.2) is 0 Å². The monoisotopic (exact) mass is 541 g/mol. The average molecular weight is 541 g/mol. The van der Waals surface area contributed by atoms with E-state index in [1.54, 1.807) is 0 Å². The summed E-state index contributed by atoms with van der Waals surface area (Å²) in [4.78, 5) is 0. The van der Waals surface area contributed by atoms with Gasteiger partial charge < -0.3 is 5.73 Å². The molecule has 0 bridgehead atoms. The second kappa shape index (κ2) is 10.3. The molecular weight excluding hydrogens is 513 g/mol. The number of rotatable bonds is 6. The molecule has 0 heterocycles. The number of halogens is 1. The Kier molecular flexibility index (Phi) is 7.26. The largest absolute Gasteiger partial charge is 0.318 e. The van der Waals surface area contributed by atoms with E-state index in [1.807, 2.05) is 12.1 Å². The summed E-state index contributed by atoms with van der Waals surface area (Å²) in [5, 5.41) is 0. The third kappa shape index (κ3) is 5.89. The molecule has 1 unspecified atom stereocenters. The van der Waals surface area contributed by atoms with E-state index in [4.69, 9.17) is 5.73 Å². The van der Waals surface area contributed by atoms with Crippen molar-refractivity contribution in [3.8, 4) is 11.1 Å². The lowest BCUT2D eigenvalue weighted by atomic mass is 9.88. The van der Waals surface area contributed by atoms with E-state index in [1.165, 1.54) is 25.8 Å². The summed E-state index contributed by atoms with van der Waals surface area (Å²) in [5.41, 5.74) is 14.5. The van der Waals surface area contributed by atoms with Crippen LogP contribution in [0, 0.1) is 3.57 Å². The molecule has 4 aromatic carbocycles. The lowest BCUT2D eigenvalue weighted by Gasteiger charge is -2.23. The molecule has 0 radical (unpaired) electrons. The van der Waals surface area contributed by atoms with E-state index >= 15 is 0 Å². The molecule has 0 aliphatic heterocycles. The predicted molar refractivity (Wildman–Crippen MR) is 151 cm³/mol. The first-order valence-electron chi connectivity index (χ1n) is 11.1. The first-order chi connectivity index (χ1) is 15.9. The van der Waals surface area contributed by atoms with Gasteiger partial charge in [-0.3, -0.25) is 0 Å². The Morgan fingerprint density at radius 3 is 1.97 bits per heavy atom. The van der Waals surface area contributed by atoms with Crippen molar-refractivity contribution in [3.63, 3.8) is 0 Å². The summed E-state index contributed by atoms with van der Waals surface area (Å²) >= 11 is 2.34. The standard InChI is InChI=1S/C31H28IN/c1-23(24-16-18-27(19-17-24)25-10-5-3-6-11-25)20-28(26-12-7-4-8-13-26)22-31(2,33)29-14-9-15-30(32)21-29/h3-22H,33H2,1-2H3/b23-20+,28-22+. The van der Waals surface area contributed by atoms with Crippen molar-refractivity contribution in [3.05, 3.63) is 142 Å². The smallest absolute Gasteiger partial charge is 0.0576 e. The number of allylic oxidation sites excluding steroid dienone is 3. The topological polar surface area (TPSA) is 26.0 Å². The molecule has 0 aromatic heterocycles. The van der Waals surface area contributed by atoms with Crippen LogP contribution in [0.4, 0.5) is 0 Å². The maximum Gasteiger partial charge on any atom is 0.0576 e. The molecule has 2 heteroatoms. The van der Waals surface area contributed by atoms with Gasteiger partial charge in [0.25, 0.3) is 0 Å². The molecule has 0 saturated carbocycles. The Bertz CT molecular complexity index is 1270. The molecular formula is C31H28IN. The van der Waals surface area contributed by atoms with Gasteiger partial charge in [0.1, 0.15) is 0 Å². The van der Waals surface area contributed by atoms with Gasteiger partial charge in [-0.25, -0.2) is 0 Å². The molecule has 164 valence electrons. The third-order valence-electron chi connectivity index (χ3n) is 5.83. The minimum absolute atomic E-state index is 0.597. The van der Waals surface area contributed by atoms with Crippen LogP contribution in [0.3, 0.4) is 0 Å². The highest BCUT2D eigenvalue weighted by Crippen LogP contribution is 2.30. The summed E-state index contributed by atoms with van der Waals surface area (Å²) < 4.78 is 1.18. The molecule has 0 saturated heterocycles. The zero-order valence-electron chi connectivity index (χ0n) is 19.0. The van der Waals surface area contributed by atoms with E-state index in [9.17, 15) is 0 Å². The number of hydrogen-bond donors (Lipinski definition) is 1. The normalized spacial score (nSPS) is 14.1. The Morgan fingerprint density at radius 2 is 1.33 bits per heavy atom. The van der Waals surface area contributed by atoms with Crippen LogP contribution in [0.15, 0.2) is 121 Å². The van der Waals surface area contributed by atoms with Gasteiger partial charge >= 0.3 is 0 Å². The minimum Gasteiger partial charge on any atom is -0.318 e. The Morgan fingerprint density at radius 1 is 0.727 bits per heavy atom. The van der Waals surface area contributed by atoms with E-state index < -0.39 is 5.54 Å². The fraction of sp³-hybridized carbons (Fsp3) is 0.0968. The summed E-state index contributed by atoms with van der Waals surface area (Å²) in [6.07, 6.45) is 4.42. The van der Waals surface area contributed by atoms with Gasteiger partial charge in [0.05, 0.1) is 5.54 Å². The fourth-order valence-electron chi connectivity index (χ4n) is 3.94. The van der Waals surface area contributed by atoms with E-state index in [-0.39, 0.29) is 0 Å². The molecule has 0 amide bonds. The van der Waals surface area contributed by atoms with Crippen molar-refractivity contribution < 1.29 is 0 Å². The second-order valence-corrected chi connectivity index (χ2v) is 9.78. The Labute approximate surface area is 210 Å². The zero-order valence-corrected chi connectivity index (χ0v) is 21.2. The maximum absolute atomic E-state index is 6.83. The van der Waals surface area contributed by atoms with Gasteiger partial charge in [-0.15, -0.1) is 0 Å². The number of benzene rings is 4. The fourth-order valence-corrected chi connectivity index (χ4v) is 4.48. The summed E-state index contributed by atoms with van der Waals surface area (Å²) in [6, 6.07) is 38.1. The molecule has 33 heavy (non-hydrogen) atoms. The SMILES string of the molecule is C/C(=C\C(=C/C(C)(N)c1cccc(I)c1)c1ccccc1)c1ccc(-c2ccccc2)cc1. The number of hydrogen-bond acceptors (Lipinski definition) is 1. The first kappa shape index (κ1) is 23.2. The van der Waals surface area contributed by atoms with Crippen LogP contribution in [0.1, 0.15) is 30.5 Å². The van der Waals surface area contributed by atoms with Crippen molar-refractivity contribution in [1.29, 1.82) is 0 Å². The molecule has 2 N–H and O–H groups in total. The molecule has 1 atom stereocenters.